The first-order chi connectivity index (χ1) is 9.45. The molecule has 0 saturated heterocycles. The molecule has 106 valence electrons. The minimum Gasteiger partial charge on any atom is -0.395 e. The third-order valence-corrected chi connectivity index (χ3v) is 3.01. The number of imide groups is 1. The molecule has 0 saturated carbocycles. The van der Waals surface area contributed by atoms with Gasteiger partial charge < -0.3 is 10.4 Å². The average Bonchev–Trinajstić information content (AvgIpc) is 2.67. The highest BCUT2D eigenvalue weighted by molar-refractivity contribution is 6.33. The number of hydrogen-bond donors (Lipinski definition) is 2. The number of nitrogens with one attached hydrogen (secondary N) is 1. The number of amides is 2. The second kappa shape index (κ2) is 5.56. The molecule has 1 heterocycles. The number of β-amino-alcohol motifs (C(OH)–C–C–N with tert-alkyl or cyclic N) is 1. The van der Waals surface area contributed by atoms with Gasteiger partial charge in [-0.2, -0.15) is 0 Å². The van der Waals surface area contributed by atoms with Crippen LogP contribution in [0.5, 0.6) is 0 Å². The zero-order valence-corrected chi connectivity index (χ0v) is 10.7. The zero-order valence-electron chi connectivity index (χ0n) is 9.99. The van der Waals surface area contributed by atoms with Crippen LogP contribution in [0, 0.1) is 11.6 Å². The van der Waals surface area contributed by atoms with Crippen LogP contribution in [0.2, 0.25) is 5.02 Å². The summed E-state index contributed by atoms with van der Waals surface area (Å²) in [4.78, 5) is 24.1. The number of aliphatic hydroxyl groups excluding tert-OH is 1. The van der Waals surface area contributed by atoms with Crippen molar-refractivity contribution in [2.75, 3.05) is 18.5 Å². The number of aliphatic hydroxyl groups is 1. The third-order valence-electron chi connectivity index (χ3n) is 2.64. The van der Waals surface area contributed by atoms with E-state index in [0.717, 1.165) is 23.1 Å². The molecule has 5 nitrogen and oxygen atoms in total. The summed E-state index contributed by atoms with van der Waals surface area (Å²) in [5.41, 5.74) is -0.667. The molecule has 2 rings (SSSR count). The van der Waals surface area contributed by atoms with Crippen LogP contribution in [0.1, 0.15) is 0 Å². The number of rotatable bonds is 4. The van der Waals surface area contributed by atoms with Crippen molar-refractivity contribution in [3.05, 3.63) is 40.6 Å². The summed E-state index contributed by atoms with van der Waals surface area (Å²) in [6, 6.07) is 1.69. The maximum absolute atomic E-state index is 13.6. The molecule has 0 atom stereocenters. The van der Waals surface area contributed by atoms with E-state index in [1.54, 1.807) is 0 Å². The summed E-state index contributed by atoms with van der Waals surface area (Å²) in [6.45, 7) is -0.577. The first-order valence-corrected chi connectivity index (χ1v) is 5.92. The van der Waals surface area contributed by atoms with Crippen molar-refractivity contribution >= 4 is 29.1 Å². The Morgan fingerprint density at radius 3 is 2.55 bits per heavy atom. The second-order valence-corrected chi connectivity index (χ2v) is 4.30. The maximum Gasteiger partial charge on any atom is 0.277 e. The molecule has 2 N–H and O–H groups in total. The van der Waals surface area contributed by atoms with Gasteiger partial charge in [0, 0.05) is 6.08 Å². The van der Waals surface area contributed by atoms with Crippen molar-refractivity contribution in [1.82, 2.24) is 4.90 Å². The summed E-state index contributed by atoms with van der Waals surface area (Å²) in [5.74, 6) is -3.12. The van der Waals surface area contributed by atoms with Crippen LogP contribution >= 0.6 is 11.6 Å². The molecule has 1 aromatic carbocycles. The summed E-state index contributed by atoms with van der Waals surface area (Å²) in [7, 11) is 0. The Bertz CT molecular complexity index is 619. The first-order valence-electron chi connectivity index (χ1n) is 5.54. The minimum atomic E-state index is -0.863. The molecular formula is C12H9ClF2N2O3. The molecule has 1 aliphatic heterocycles. The summed E-state index contributed by atoms with van der Waals surface area (Å²) in [6.07, 6.45) is 0.929. The second-order valence-electron chi connectivity index (χ2n) is 3.92. The lowest BCUT2D eigenvalue weighted by atomic mass is 10.2. The van der Waals surface area contributed by atoms with Gasteiger partial charge in [0.25, 0.3) is 11.8 Å². The predicted molar refractivity (Wildman–Crippen MR) is 66.9 cm³/mol. The Balaban J connectivity index is 2.28. The Morgan fingerprint density at radius 2 is 1.90 bits per heavy atom. The fourth-order valence-electron chi connectivity index (χ4n) is 1.69. The predicted octanol–water partition coefficient (Wildman–Crippen LogP) is 1.28. The number of anilines is 1. The normalized spacial score (nSPS) is 14.8. The molecule has 20 heavy (non-hydrogen) atoms. The largest absolute Gasteiger partial charge is 0.395 e. The number of hydrogen-bond acceptors (Lipinski definition) is 4. The maximum atomic E-state index is 13.6. The Labute approximate surface area is 117 Å². The molecule has 8 heteroatoms. The molecule has 0 radical (unpaired) electrons. The van der Waals surface area contributed by atoms with Crippen LogP contribution < -0.4 is 5.32 Å². The van der Waals surface area contributed by atoms with Gasteiger partial charge in [-0.25, -0.2) is 8.78 Å². The fourth-order valence-corrected chi connectivity index (χ4v) is 1.89. The lowest BCUT2D eigenvalue weighted by Crippen LogP contribution is -2.34. The highest BCUT2D eigenvalue weighted by Gasteiger charge is 2.31. The van der Waals surface area contributed by atoms with Crippen molar-refractivity contribution in [1.29, 1.82) is 0 Å². The van der Waals surface area contributed by atoms with E-state index in [2.05, 4.69) is 5.32 Å². The van der Waals surface area contributed by atoms with Crippen LogP contribution in [0.3, 0.4) is 0 Å². The van der Waals surface area contributed by atoms with Crippen LogP contribution in [-0.4, -0.2) is 35.0 Å². The number of nitrogens with zero attached hydrogens (tertiary/aromatic N) is 1. The van der Waals surface area contributed by atoms with Gasteiger partial charge in [-0.3, -0.25) is 14.5 Å². The summed E-state index contributed by atoms with van der Waals surface area (Å²) < 4.78 is 26.8. The van der Waals surface area contributed by atoms with E-state index in [0.29, 0.717) is 0 Å². The molecule has 1 aromatic rings. The van der Waals surface area contributed by atoms with Crippen molar-refractivity contribution in [2.45, 2.75) is 0 Å². The zero-order chi connectivity index (χ0) is 14.9. The summed E-state index contributed by atoms with van der Waals surface area (Å²) in [5, 5.41) is 10.5. The van der Waals surface area contributed by atoms with Crippen LogP contribution in [-0.2, 0) is 9.59 Å². The van der Waals surface area contributed by atoms with E-state index < -0.39 is 40.8 Å². The number of halogens is 3. The van der Waals surface area contributed by atoms with Gasteiger partial charge >= 0.3 is 0 Å². The van der Waals surface area contributed by atoms with Crippen molar-refractivity contribution < 1.29 is 23.5 Å². The van der Waals surface area contributed by atoms with Gasteiger partial charge in [0.2, 0.25) is 0 Å². The Hall–Kier alpha value is -1.99. The summed E-state index contributed by atoms with van der Waals surface area (Å²) >= 11 is 5.60. The fraction of sp³-hybridized carbons (Fsp3) is 0.167. The molecule has 0 aliphatic carbocycles. The van der Waals surface area contributed by atoms with Crippen LogP contribution in [0.15, 0.2) is 23.9 Å². The van der Waals surface area contributed by atoms with E-state index in [1.165, 1.54) is 0 Å². The monoisotopic (exact) mass is 302 g/mol. The topological polar surface area (TPSA) is 69.6 Å². The van der Waals surface area contributed by atoms with Crippen molar-refractivity contribution in [3.8, 4) is 0 Å². The first kappa shape index (κ1) is 14.4. The lowest BCUT2D eigenvalue weighted by molar-refractivity contribution is -0.137. The Morgan fingerprint density at radius 1 is 1.25 bits per heavy atom. The quantitative estimate of drug-likeness (QED) is 0.649. The van der Waals surface area contributed by atoms with E-state index in [9.17, 15) is 18.4 Å². The molecule has 2 amide bonds. The van der Waals surface area contributed by atoms with E-state index in [-0.39, 0.29) is 12.2 Å². The van der Waals surface area contributed by atoms with Crippen LogP contribution in [0.4, 0.5) is 14.5 Å². The third kappa shape index (κ3) is 2.50. The highest BCUT2D eigenvalue weighted by Crippen LogP contribution is 2.30. The number of carbonyl (C=O) groups excluding carboxylic acids is 2. The molecule has 0 aromatic heterocycles. The van der Waals surface area contributed by atoms with Gasteiger partial charge in [-0.1, -0.05) is 11.6 Å². The van der Waals surface area contributed by atoms with Gasteiger partial charge in [0.15, 0.2) is 0 Å². The molecule has 1 aliphatic rings. The smallest absolute Gasteiger partial charge is 0.277 e. The van der Waals surface area contributed by atoms with Gasteiger partial charge in [-0.05, 0) is 12.1 Å². The molecule has 0 spiro atoms. The van der Waals surface area contributed by atoms with Gasteiger partial charge in [-0.15, -0.1) is 0 Å². The van der Waals surface area contributed by atoms with Gasteiger partial charge in [0.05, 0.1) is 18.8 Å². The van der Waals surface area contributed by atoms with E-state index in [4.69, 9.17) is 16.7 Å². The minimum absolute atomic E-state index is 0.182. The lowest BCUT2D eigenvalue weighted by Gasteiger charge is -2.14. The SMILES string of the molecule is O=C1C=C(Nc2c(F)ccc(F)c2Cl)C(=O)N1CCO. The Kier molecular flexibility index (Phi) is 4.01. The van der Waals surface area contributed by atoms with Crippen molar-refractivity contribution in [2.24, 2.45) is 0 Å². The molecule has 0 unspecified atom stereocenters. The molecule has 0 fully saturated rings. The van der Waals surface area contributed by atoms with Crippen LogP contribution in [0.25, 0.3) is 0 Å². The number of carbonyl (C=O) groups is 2. The van der Waals surface area contributed by atoms with Gasteiger partial charge in [0.1, 0.15) is 22.4 Å². The molecular weight excluding hydrogens is 294 g/mol. The standard InChI is InChI=1S/C12H9ClF2N2O3/c13-10-6(14)1-2-7(15)11(10)16-8-5-9(19)17(3-4-18)12(8)20/h1-2,5,16,18H,3-4H2. The van der Waals surface area contributed by atoms with E-state index >= 15 is 0 Å². The van der Waals surface area contributed by atoms with Crippen molar-refractivity contribution in [3.63, 3.8) is 0 Å². The van der Waals surface area contributed by atoms with E-state index in [1.807, 2.05) is 0 Å². The number of benzene rings is 1. The average molecular weight is 303 g/mol. The molecule has 0 bridgehead atoms. The highest BCUT2D eigenvalue weighted by atomic mass is 35.5.